The summed E-state index contributed by atoms with van der Waals surface area (Å²) in [5, 5.41) is 2.65. The average molecular weight is 325 g/mol. The number of carbonyl (C=O) groups is 1. The third kappa shape index (κ3) is 8.68. The number of benzene rings is 1. The minimum Gasteiger partial charge on any atom is -0.352 e. The molecule has 0 aliphatic carbocycles. The summed E-state index contributed by atoms with van der Waals surface area (Å²) in [4.78, 5) is 11.8. The van der Waals surface area contributed by atoms with Gasteiger partial charge in [0.15, 0.2) is 0 Å². The Morgan fingerprint density at radius 2 is 1.48 bits per heavy atom. The summed E-state index contributed by atoms with van der Waals surface area (Å²) in [5.74, 6) is -1.83. The summed E-state index contributed by atoms with van der Waals surface area (Å²) >= 11 is 0. The van der Waals surface area contributed by atoms with Crippen LogP contribution in [0, 0.1) is 11.6 Å². The molecule has 1 amide bonds. The van der Waals surface area contributed by atoms with Crippen LogP contribution in [-0.2, 0) is 0 Å². The van der Waals surface area contributed by atoms with Crippen molar-refractivity contribution in [1.29, 1.82) is 0 Å². The minimum absolute atomic E-state index is 0.225. The van der Waals surface area contributed by atoms with E-state index in [2.05, 4.69) is 12.2 Å². The maximum atomic E-state index is 13.4. The van der Waals surface area contributed by atoms with Crippen LogP contribution in [0.1, 0.15) is 81.5 Å². The Bertz CT molecular complexity index is 463. The third-order valence-corrected chi connectivity index (χ3v) is 3.99. The van der Waals surface area contributed by atoms with Crippen molar-refractivity contribution in [3.8, 4) is 0 Å². The van der Waals surface area contributed by atoms with Crippen LogP contribution in [0.25, 0.3) is 0 Å². The second-order valence-electron chi connectivity index (χ2n) is 6.06. The molecule has 0 heterocycles. The molecule has 0 fully saturated rings. The van der Waals surface area contributed by atoms with Crippen LogP contribution in [0.5, 0.6) is 0 Å². The highest BCUT2D eigenvalue weighted by atomic mass is 19.1. The van der Waals surface area contributed by atoms with Gasteiger partial charge in [0.1, 0.15) is 11.6 Å². The molecule has 1 aromatic rings. The van der Waals surface area contributed by atoms with E-state index in [1.54, 1.807) is 0 Å². The number of unbranched alkanes of at least 4 members (excludes halogenated alkanes) is 9. The van der Waals surface area contributed by atoms with Gasteiger partial charge in [0.25, 0.3) is 5.91 Å². The van der Waals surface area contributed by atoms with Crippen molar-refractivity contribution in [3.05, 3.63) is 35.4 Å². The fraction of sp³-hybridized carbons (Fsp3) is 0.632. The molecule has 2 nitrogen and oxygen atoms in total. The van der Waals surface area contributed by atoms with E-state index in [-0.39, 0.29) is 5.56 Å². The SMILES string of the molecule is CCCCCCCCCCCCNC(=O)c1cc(F)ccc1F. The lowest BCUT2D eigenvalue weighted by Gasteiger charge is -2.06. The van der Waals surface area contributed by atoms with Crippen molar-refractivity contribution < 1.29 is 13.6 Å². The standard InChI is InChI=1S/C19H29F2NO/c1-2-3-4-5-6-7-8-9-10-11-14-22-19(23)17-15-16(20)12-13-18(17)21/h12-13,15H,2-11,14H2,1H3,(H,22,23). The predicted octanol–water partition coefficient (Wildman–Crippen LogP) is 5.62. The highest BCUT2D eigenvalue weighted by Gasteiger charge is 2.11. The van der Waals surface area contributed by atoms with Gasteiger partial charge in [0, 0.05) is 6.54 Å². The van der Waals surface area contributed by atoms with Gasteiger partial charge >= 0.3 is 0 Å². The van der Waals surface area contributed by atoms with Gasteiger partial charge in [-0.15, -0.1) is 0 Å². The topological polar surface area (TPSA) is 29.1 Å². The zero-order chi connectivity index (χ0) is 16.9. The van der Waals surface area contributed by atoms with Gasteiger partial charge in [-0.05, 0) is 24.6 Å². The van der Waals surface area contributed by atoms with Crippen molar-refractivity contribution in [3.63, 3.8) is 0 Å². The summed E-state index contributed by atoms with van der Waals surface area (Å²) in [5.41, 5.74) is -0.225. The van der Waals surface area contributed by atoms with E-state index < -0.39 is 17.5 Å². The number of amides is 1. The number of hydrogen-bond acceptors (Lipinski definition) is 1. The van der Waals surface area contributed by atoms with Crippen LogP contribution < -0.4 is 5.32 Å². The van der Waals surface area contributed by atoms with Crippen LogP contribution in [0.2, 0.25) is 0 Å². The van der Waals surface area contributed by atoms with Crippen molar-refractivity contribution in [2.45, 2.75) is 71.1 Å². The van der Waals surface area contributed by atoms with Crippen molar-refractivity contribution in [2.24, 2.45) is 0 Å². The minimum atomic E-state index is -0.688. The number of nitrogens with one attached hydrogen (secondary N) is 1. The molecule has 0 spiro atoms. The van der Waals surface area contributed by atoms with Gasteiger partial charge in [-0.25, -0.2) is 8.78 Å². The van der Waals surface area contributed by atoms with Gasteiger partial charge in [-0.1, -0.05) is 64.7 Å². The molecule has 4 heteroatoms. The highest BCUT2D eigenvalue weighted by Crippen LogP contribution is 2.11. The summed E-state index contributed by atoms with van der Waals surface area (Å²) in [6.07, 6.45) is 12.2. The maximum absolute atomic E-state index is 13.4. The summed E-state index contributed by atoms with van der Waals surface area (Å²) in [6.45, 7) is 2.73. The van der Waals surface area contributed by atoms with Gasteiger partial charge in [-0.2, -0.15) is 0 Å². The third-order valence-electron chi connectivity index (χ3n) is 3.99. The first-order valence-electron chi connectivity index (χ1n) is 8.88. The normalized spacial score (nSPS) is 10.7. The smallest absolute Gasteiger partial charge is 0.254 e. The number of carbonyl (C=O) groups excluding carboxylic acids is 1. The van der Waals surface area contributed by atoms with Gasteiger partial charge in [-0.3, -0.25) is 4.79 Å². The van der Waals surface area contributed by atoms with E-state index in [0.29, 0.717) is 6.54 Å². The first kappa shape index (κ1) is 19.6. The summed E-state index contributed by atoms with van der Waals surface area (Å²) in [6, 6.07) is 2.92. The Hall–Kier alpha value is -1.45. The van der Waals surface area contributed by atoms with Crippen molar-refractivity contribution in [1.82, 2.24) is 5.32 Å². The van der Waals surface area contributed by atoms with E-state index in [0.717, 1.165) is 37.5 Å². The largest absolute Gasteiger partial charge is 0.352 e. The van der Waals surface area contributed by atoms with E-state index in [9.17, 15) is 13.6 Å². The Morgan fingerprint density at radius 1 is 0.913 bits per heavy atom. The van der Waals surface area contributed by atoms with E-state index in [1.165, 1.54) is 44.9 Å². The highest BCUT2D eigenvalue weighted by molar-refractivity contribution is 5.94. The van der Waals surface area contributed by atoms with Crippen LogP contribution in [0.4, 0.5) is 8.78 Å². The van der Waals surface area contributed by atoms with E-state index >= 15 is 0 Å². The average Bonchev–Trinajstić information content (AvgIpc) is 2.54. The Labute approximate surface area is 138 Å². The predicted molar refractivity (Wildman–Crippen MR) is 90.5 cm³/mol. The lowest BCUT2D eigenvalue weighted by Crippen LogP contribution is -2.25. The molecule has 0 aliphatic heterocycles. The fourth-order valence-electron chi connectivity index (χ4n) is 2.58. The molecule has 23 heavy (non-hydrogen) atoms. The quantitative estimate of drug-likeness (QED) is 0.497. The van der Waals surface area contributed by atoms with E-state index in [1.807, 2.05) is 0 Å². The zero-order valence-electron chi connectivity index (χ0n) is 14.2. The Kier molecular flexibility index (Phi) is 10.3. The molecule has 130 valence electrons. The molecular formula is C19H29F2NO. The first-order chi connectivity index (χ1) is 11.1. The van der Waals surface area contributed by atoms with Gasteiger partial charge in [0.05, 0.1) is 5.56 Å². The molecule has 1 aromatic carbocycles. The molecule has 1 N–H and O–H groups in total. The Morgan fingerprint density at radius 3 is 2.09 bits per heavy atom. The lowest BCUT2D eigenvalue weighted by atomic mass is 10.1. The van der Waals surface area contributed by atoms with E-state index in [4.69, 9.17) is 0 Å². The van der Waals surface area contributed by atoms with Crippen molar-refractivity contribution >= 4 is 5.91 Å². The van der Waals surface area contributed by atoms with Crippen molar-refractivity contribution in [2.75, 3.05) is 6.54 Å². The summed E-state index contributed by atoms with van der Waals surface area (Å²) < 4.78 is 26.4. The fourth-order valence-corrected chi connectivity index (χ4v) is 2.58. The molecule has 0 unspecified atom stereocenters. The molecule has 0 radical (unpaired) electrons. The molecule has 0 aliphatic rings. The number of rotatable bonds is 12. The molecular weight excluding hydrogens is 296 g/mol. The lowest BCUT2D eigenvalue weighted by molar-refractivity contribution is 0.0948. The molecule has 1 rings (SSSR count). The van der Waals surface area contributed by atoms with Crippen LogP contribution >= 0.6 is 0 Å². The molecule has 0 atom stereocenters. The first-order valence-corrected chi connectivity index (χ1v) is 8.88. The second-order valence-corrected chi connectivity index (χ2v) is 6.06. The number of halogens is 2. The zero-order valence-corrected chi connectivity index (χ0v) is 14.2. The number of hydrogen-bond donors (Lipinski definition) is 1. The van der Waals surface area contributed by atoms with Gasteiger partial charge < -0.3 is 5.32 Å². The monoisotopic (exact) mass is 325 g/mol. The van der Waals surface area contributed by atoms with Gasteiger partial charge in [0.2, 0.25) is 0 Å². The molecule has 0 bridgehead atoms. The van der Waals surface area contributed by atoms with Crippen LogP contribution in [0.3, 0.4) is 0 Å². The summed E-state index contributed by atoms with van der Waals surface area (Å²) in [7, 11) is 0. The Balaban J connectivity index is 2.02. The molecule has 0 aromatic heterocycles. The second kappa shape index (κ2) is 12.0. The molecule has 0 saturated carbocycles. The molecule has 0 saturated heterocycles. The van der Waals surface area contributed by atoms with Crippen LogP contribution in [0.15, 0.2) is 18.2 Å². The maximum Gasteiger partial charge on any atom is 0.254 e. The van der Waals surface area contributed by atoms with Crippen LogP contribution in [-0.4, -0.2) is 12.5 Å².